The average Bonchev–Trinajstić information content (AvgIpc) is 2.69. The highest BCUT2D eigenvalue weighted by Gasteiger charge is 2.26. The highest BCUT2D eigenvalue weighted by molar-refractivity contribution is 6.30. The zero-order valence-electron chi connectivity index (χ0n) is 15.7. The van der Waals surface area contributed by atoms with Crippen molar-refractivity contribution in [3.63, 3.8) is 0 Å². The molecule has 1 unspecified atom stereocenters. The van der Waals surface area contributed by atoms with Crippen molar-refractivity contribution in [1.29, 1.82) is 0 Å². The lowest BCUT2D eigenvalue weighted by Gasteiger charge is -2.35. The highest BCUT2D eigenvalue weighted by atomic mass is 35.5. The molecule has 2 amide bonds. The van der Waals surface area contributed by atoms with Crippen LogP contribution in [0.2, 0.25) is 5.02 Å². The van der Waals surface area contributed by atoms with Gasteiger partial charge in [0.05, 0.1) is 11.1 Å². The van der Waals surface area contributed by atoms with Crippen molar-refractivity contribution in [1.82, 2.24) is 9.88 Å². The fraction of sp³-hybridized carbons (Fsp3) is 0.381. The highest BCUT2D eigenvalue weighted by Crippen LogP contribution is 2.23. The van der Waals surface area contributed by atoms with Crippen molar-refractivity contribution in [2.45, 2.75) is 45.6 Å². The topological polar surface area (TPSA) is 62.3 Å². The Morgan fingerprint density at radius 1 is 1.22 bits per heavy atom. The predicted octanol–water partition coefficient (Wildman–Crippen LogP) is 4.70. The molecule has 1 aromatic heterocycles. The van der Waals surface area contributed by atoms with Gasteiger partial charge >= 0.3 is 0 Å². The van der Waals surface area contributed by atoms with E-state index >= 15 is 0 Å². The molecule has 2 aromatic rings. The van der Waals surface area contributed by atoms with Gasteiger partial charge in [-0.1, -0.05) is 18.5 Å². The molecule has 1 aromatic carbocycles. The molecule has 1 saturated heterocycles. The number of anilines is 1. The monoisotopic (exact) mass is 385 g/mol. The summed E-state index contributed by atoms with van der Waals surface area (Å²) in [6.45, 7) is 4.74. The zero-order chi connectivity index (χ0) is 19.4. The van der Waals surface area contributed by atoms with E-state index in [1.54, 1.807) is 24.3 Å². The molecule has 0 radical (unpaired) electrons. The van der Waals surface area contributed by atoms with E-state index in [0.717, 1.165) is 37.8 Å². The summed E-state index contributed by atoms with van der Waals surface area (Å²) in [5.41, 5.74) is 2.37. The molecule has 3 rings (SSSR count). The van der Waals surface area contributed by atoms with Gasteiger partial charge in [0.25, 0.3) is 11.8 Å². The lowest BCUT2D eigenvalue weighted by Crippen LogP contribution is -2.43. The average molecular weight is 386 g/mol. The van der Waals surface area contributed by atoms with Gasteiger partial charge in [-0.2, -0.15) is 0 Å². The van der Waals surface area contributed by atoms with E-state index < -0.39 is 0 Å². The number of likely N-dealkylation sites (tertiary alicyclic amines) is 1. The Balaban J connectivity index is 1.78. The fourth-order valence-electron chi connectivity index (χ4n) is 3.50. The number of rotatable bonds is 4. The number of nitrogens with one attached hydrogen (secondary N) is 1. The Kier molecular flexibility index (Phi) is 6.11. The molecular weight excluding hydrogens is 362 g/mol. The third kappa shape index (κ3) is 4.48. The second-order valence-electron chi connectivity index (χ2n) is 6.93. The number of piperidine rings is 1. The summed E-state index contributed by atoms with van der Waals surface area (Å²) in [6, 6.07) is 7.16. The SMILES string of the molecule is CCC1CCCCN1C(=O)c1cncc(C(=O)Nc2ccc(Cl)cc2C)c1. The Hall–Kier alpha value is -2.40. The van der Waals surface area contributed by atoms with Crippen LogP contribution in [0.15, 0.2) is 36.7 Å². The molecule has 1 aliphatic heterocycles. The van der Waals surface area contributed by atoms with Gasteiger partial charge in [0.15, 0.2) is 0 Å². The summed E-state index contributed by atoms with van der Waals surface area (Å²) >= 11 is 5.96. The maximum absolute atomic E-state index is 12.9. The second-order valence-corrected chi connectivity index (χ2v) is 7.37. The quantitative estimate of drug-likeness (QED) is 0.829. The minimum Gasteiger partial charge on any atom is -0.336 e. The van der Waals surface area contributed by atoms with E-state index in [1.807, 2.05) is 11.8 Å². The standard InChI is InChI=1S/C21H24ClN3O2/c1-3-18-6-4-5-9-25(18)21(27)16-11-15(12-23-13-16)20(26)24-19-8-7-17(22)10-14(19)2/h7-8,10-13,18H,3-6,9H2,1-2H3,(H,24,26). The van der Waals surface area contributed by atoms with Crippen LogP contribution in [-0.4, -0.2) is 34.3 Å². The predicted molar refractivity (Wildman–Crippen MR) is 107 cm³/mol. The molecule has 2 heterocycles. The number of halogens is 1. The molecule has 1 N–H and O–H groups in total. The van der Waals surface area contributed by atoms with Crippen LogP contribution in [0.3, 0.4) is 0 Å². The van der Waals surface area contributed by atoms with Gasteiger partial charge < -0.3 is 10.2 Å². The molecular formula is C21H24ClN3O2. The zero-order valence-corrected chi connectivity index (χ0v) is 16.4. The number of aromatic nitrogens is 1. The smallest absolute Gasteiger partial charge is 0.257 e. The molecule has 5 nitrogen and oxygen atoms in total. The first kappa shape index (κ1) is 19.4. The van der Waals surface area contributed by atoms with Gasteiger partial charge in [-0.05, 0) is 62.4 Å². The van der Waals surface area contributed by atoms with Crippen LogP contribution in [0, 0.1) is 6.92 Å². The van der Waals surface area contributed by atoms with Crippen LogP contribution < -0.4 is 5.32 Å². The number of pyridine rings is 1. The van der Waals surface area contributed by atoms with Crippen LogP contribution in [0.25, 0.3) is 0 Å². The summed E-state index contributed by atoms with van der Waals surface area (Å²) in [5, 5.41) is 3.47. The number of hydrogen-bond acceptors (Lipinski definition) is 3. The molecule has 1 atom stereocenters. The van der Waals surface area contributed by atoms with E-state index in [0.29, 0.717) is 21.8 Å². The first-order chi connectivity index (χ1) is 13.0. The van der Waals surface area contributed by atoms with Gasteiger partial charge in [0.1, 0.15) is 0 Å². The maximum atomic E-state index is 12.9. The Labute approximate surface area is 164 Å². The summed E-state index contributed by atoms with van der Waals surface area (Å²) in [5.74, 6) is -0.348. The number of nitrogens with zero attached hydrogens (tertiary/aromatic N) is 2. The number of hydrogen-bond donors (Lipinski definition) is 1. The van der Waals surface area contributed by atoms with E-state index in [2.05, 4.69) is 17.2 Å². The number of carbonyl (C=O) groups is 2. The van der Waals surface area contributed by atoms with Gasteiger partial charge in [-0.3, -0.25) is 14.6 Å². The lowest BCUT2D eigenvalue weighted by molar-refractivity contribution is 0.0607. The molecule has 1 aliphatic rings. The molecule has 1 fully saturated rings. The van der Waals surface area contributed by atoms with Crippen molar-refractivity contribution in [2.24, 2.45) is 0 Å². The summed E-state index contributed by atoms with van der Waals surface area (Å²) in [4.78, 5) is 31.6. The summed E-state index contributed by atoms with van der Waals surface area (Å²) < 4.78 is 0. The first-order valence-corrected chi connectivity index (χ1v) is 9.71. The molecule has 0 spiro atoms. The second kappa shape index (κ2) is 8.53. The summed E-state index contributed by atoms with van der Waals surface area (Å²) in [6.07, 6.45) is 7.16. The van der Waals surface area contributed by atoms with Crippen LogP contribution in [0.4, 0.5) is 5.69 Å². The van der Waals surface area contributed by atoms with E-state index in [4.69, 9.17) is 11.6 Å². The Bertz CT molecular complexity index is 853. The first-order valence-electron chi connectivity index (χ1n) is 9.33. The van der Waals surface area contributed by atoms with Crippen molar-refractivity contribution in [2.75, 3.05) is 11.9 Å². The van der Waals surface area contributed by atoms with E-state index in [-0.39, 0.29) is 17.9 Å². The van der Waals surface area contributed by atoms with Crippen molar-refractivity contribution in [3.05, 3.63) is 58.4 Å². The van der Waals surface area contributed by atoms with Crippen LogP contribution in [0.5, 0.6) is 0 Å². The third-order valence-corrected chi connectivity index (χ3v) is 5.28. The maximum Gasteiger partial charge on any atom is 0.257 e. The van der Waals surface area contributed by atoms with Crippen LogP contribution >= 0.6 is 11.6 Å². The number of aryl methyl sites for hydroxylation is 1. The van der Waals surface area contributed by atoms with Gasteiger partial charge in [-0.15, -0.1) is 0 Å². The Morgan fingerprint density at radius 2 is 2.00 bits per heavy atom. The van der Waals surface area contributed by atoms with Crippen LogP contribution in [-0.2, 0) is 0 Å². The molecule has 0 saturated carbocycles. The third-order valence-electron chi connectivity index (χ3n) is 5.04. The van der Waals surface area contributed by atoms with Gasteiger partial charge in [0.2, 0.25) is 0 Å². The number of amides is 2. The minimum atomic E-state index is -0.298. The normalized spacial score (nSPS) is 16.9. The molecule has 6 heteroatoms. The van der Waals surface area contributed by atoms with Gasteiger partial charge in [-0.25, -0.2) is 0 Å². The largest absolute Gasteiger partial charge is 0.336 e. The molecule has 0 bridgehead atoms. The molecule has 142 valence electrons. The van der Waals surface area contributed by atoms with E-state index in [9.17, 15) is 9.59 Å². The van der Waals surface area contributed by atoms with Gasteiger partial charge in [0, 0.05) is 35.7 Å². The Morgan fingerprint density at radius 3 is 2.74 bits per heavy atom. The number of carbonyl (C=O) groups excluding carboxylic acids is 2. The number of benzene rings is 1. The lowest BCUT2D eigenvalue weighted by atomic mass is 9.99. The van der Waals surface area contributed by atoms with Crippen molar-refractivity contribution >= 4 is 29.1 Å². The van der Waals surface area contributed by atoms with Crippen molar-refractivity contribution in [3.8, 4) is 0 Å². The molecule has 0 aliphatic carbocycles. The fourth-order valence-corrected chi connectivity index (χ4v) is 3.73. The van der Waals surface area contributed by atoms with Crippen LogP contribution in [0.1, 0.15) is 58.9 Å². The summed E-state index contributed by atoms with van der Waals surface area (Å²) in [7, 11) is 0. The van der Waals surface area contributed by atoms with E-state index in [1.165, 1.54) is 12.4 Å². The minimum absolute atomic E-state index is 0.0497. The molecule has 27 heavy (non-hydrogen) atoms. The van der Waals surface area contributed by atoms with Crippen molar-refractivity contribution < 1.29 is 9.59 Å².